The van der Waals surface area contributed by atoms with Gasteiger partial charge >= 0.3 is 0 Å². The monoisotopic (exact) mass is 558 g/mol. The van der Waals surface area contributed by atoms with Gasteiger partial charge < -0.3 is 10.1 Å². The summed E-state index contributed by atoms with van der Waals surface area (Å²) in [6.07, 6.45) is 3.48. The van der Waals surface area contributed by atoms with Gasteiger partial charge in [-0.15, -0.1) is 11.3 Å². The number of nitrogens with one attached hydrogen (secondary N) is 2. The smallest absolute Gasteiger partial charge is 0.240 e. The third kappa shape index (κ3) is 5.27. The summed E-state index contributed by atoms with van der Waals surface area (Å²) in [5.41, 5.74) is 2.58. The number of benzene rings is 2. The molecule has 2 N–H and O–H groups in total. The van der Waals surface area contributed by atoms with Gasteiger partial charge in [0.05, 0.1) is 23.4 Å². The minimum absolute atomic E-state index is 0.112. The Morgan fingerprint density at radius 2 is 1.92 bits per heavy atom. The third-order valence-electron chi connectivity index (χ3n) is 5.41. The maximum Gasteiger partial charge on any atom is 0.240 e. The van der Waals surface area contributed by atoms with Gasteiger partial charge in [-0.05, 0) is 48.5 Å². The largest absolute Gasteiger partial charge is 0.494 e. The van der Waals surface area contributed by atoms with Crippen molar-refractivity contribution in [2.24, 2.45) is 0 Å². The average molecular weight is 559 g/mol. The zero-order valence-electron chi connectivity index (χ0n) is 19.4. The van der Waals surface area contributed by atoms with Crippen molar-refractivity contribution in [1.29, 1.82) is 0 Å². The standard InChI is InChI=1S/C24H20ClFN6O3S2/c1-35-20-14-15(2-7-18(20)26)21-22(32-12-13-36-24(32)31-21)19-8-9-27-23(30-19)28-10-11-29-37(33,34)17-5-3-16(25)4-6-17/h2-9,12-14,29H,10-11H2,1H3,(H,27,28,30). The van der Waals surface area contributed by atoms with Gasteiger partial charge in [0.25, 0.3) is 0 Å². The van der Waals surface area contributed by atoms with E-state index < -0.39 is 15.8 Å². The molecule has 0 atom stereocenters. The van der Waals surface area contributed by atoms with E-state index in [1.807, 2.05) is 16.0 Å². The Bertz CT molecular complexity index is 1670. The predicted octanol–water partition coefficient (Wildman–Crippen LogP) is 4.71. The van der Waals surface area contributed by atoms with E-state index >= 15 is 0 Å². The second-order valence-electron chi connectivity index (χ2n) is 7.76. The number of ether oxygens (including phenoxy) is 1. The van der Waals surface area contributed by atoms with E-state index in [2.05, 4.69) is 20.0 Å². The van der Waals surface area contributed by atoms with E-state index in [0.29, 0.717) is 33.6 Å². The summed E-state index contributed by atoms with van der Waals surface area (Å²) in [4.78, 5) is 14.5. The first-order valence-electron chi connectivity index (χ1n) is 11.0. The number of hydrogen-bond donors (Lipinski definition) is 2. The summed E-state index contributed by atoms with van der Waals surface area (Å²) < 4.78 is 48.5. The van der Waals surface area contributed by atoms with Crippen molar-refractivity contribution in [3.63, 3.8) is 0 Å². The van der Waals surface area contributed by atoms with Crippen molar-refractivity contribution >= 4 is 43.9 Å². The van der Waals surface area contributed by atoms with Crippen LogP contribution >= 0.6 is 22.9 Å². The number of imidazole rings is 1. The predicted molar refractivity (Wildman–Crippen MR) is 141 cm³/mol. The van der Waals surface area contributed by atoms with E-state index in [-0.39, 0.29) is 23.7 Å². The van der Waals surface area contributed by atoms with E-state index in [1.165, 1.54) is 48.8 Å². The highest BCUT2D eigenvalue weighted by Gasteiger charge is 2.20. The minimum atomic E-state index is -3.67. The molecule has 9 nitrogen and oxygen atoms in total. The Kier molecular flexibility index (Phi) is 7.07. The molecular weight excluding hydrogens is 539 g/mol. The number of thiazole rings is 1. The number of halogens is 2. The summed E-state index contributed by atoms with van der Waals surface area (Å²) in [6.45, 7) is 0.360. The lowest BCUT2D eigenvalue weighted by molar-refractivity contribution is 0.387. The van der Waals surface area contributed by atoms with Crippen LogP contribution in [0.2, 0.25) is 5.02 Å². The van der Waals surface area contributed by atoms with Crippen LogP contribution < -0.4 is 14.8 Å². The molecular formula is C24H20ClFN6O3S2. The number of fused-ring (bicyclic) bond motifs is 1. The lowest BCUT2D eigenvalue weighted by Gasteiger charge is -2.10. The Morgan fingerprint density at radius 1 is 1.11 bits per heavy atom. The zero-order chi connectivity index (χ0) is 26.0. The van der Waals surface area contributed by atoms with E-state index in [9.17, 15) is 12.8 Å². The van der Waals surface area contributed by atoms with Gasteiger partial charge in [0.15, 0.2) is 16.5 Å². The highest BCUT2D eigenvalue weighted by atomic mass is 35.5. The van der Waals surface area contributed by atoms with Gasteiger partial charge in [0.1, 0.15) is 5.69 Å². The van der Waals surface area contributed by atoms with Gasteiger partial charge in [-0.2, -0.15) is 0 Å². The highest BCUT2D eigenvalue weighted by Crippen LogP contribution is 2.35. The van der Waals surface area contributed by atoms with Crippen molar-refractivity contribution in [3.8, 4) is 28.4 Å². The molecule has 37 heavy (non-hydrogen) atoms. The molecule has 3 heterocycles. The van der Waals surface area contributed by atoms with Crippen LogP contribution in [0.1, 0.15) is 0 Å². The summed E-state index contributed by atoms with van der Waals surface area (Å²) >= 11 is 7.29. The Morgan fingerprint density at radius 3 is 2.70 bits per heavy atom. The van der Waals surface area contributed by atoms with E-state index in [4.69, 9.17) is 21.3 Å². The maximum absolute atomic E-state index is 14.0. The lowest BCUT2D eigenvalue weighted by Crippen LogP contribution is -2.29. The first-order valence-corrected chi connectivity index (χ1v) is 13.7. The molecule has 0 aliphatic rings. The van der Waals surface area contributed by atoms with Crippen LogP contribution in [0.15, 0.2) is 71.2 Å². The molecule has 0 radical (unpaired) electrons. The number of anilines is 1. The van der Waals surface area contributed by atoms with Gasteiger partial charge in [-0.1, -0.05) is 11.6 Å². The van der Waals surface area contributed by atoms with E-state index in [1.54, 1.807) is 24.4 Å². The molecule has 13 heteroatoms. The van der Waals surface area contributed by atoms with Gasteiger partial charge in [0.2, 0.25) is 16.0 Å². The Hall–Kier alpha value is -3.58. The van der Waals surface area contributed by atoms with Crippen LogP contribution in [-0.4, -0.2) is 48.0 Å². The molecule has 5 aromatic rings. The average Bonchev–Trinajstić information content (AvgIpc) is 3.49. The van der Waals surface area contributed by atoms with Gasteiger partial charge in [-0.3, -0.25) is 4.40 Å². The first kappa shape index (κ1) is 25.1. The van der Waals surface area contributed by atoms with Crippen molar-refractivity contribution in [2.45, 2.75) is 4.90 Å². The van der Waals surface area contributed by atoms with Crippen LogP contribution in [0, 0.1) is 5.82 Å². The minimum Gasteiger partial charge on any atom is -0.494 e. The number of hydrogen-bond acceptors (Lipinski definition) is 8. The van der Waals surface area contributed by atoms with Crippen molar-refractivity contribution < 1.29 is 17.5 Å². The molecule has 0 spiro atoms. The van der Waals surface area contributed by atoms with Crippen LogP contribution in [0.4, 0.5) is 10.3 Å². The van der Waals surface area contributed by atoms with Crippen LogP contribution in [-0.2, 0) is 10.0 Å². The molecule has 0 aliphatic heterocycles. The molecule has 0 unspecified atom stereocenters. The number of methoxy groups -OCH3 is 1. The molecule has 190 valence electrons. The second-order valence-corrected chi connectivity index (χ2v) is 10.8. The molecule has 0 aliphatic carbocycles. The molecule has 2 aromatic carbocycles. The molecule has 5 rings (SSSR count). The molecule has 0 bridgehead atoms. The van der Waals surface area contributed by atoms with Crippen molar-refractivity contribution in [3.05, 3.63) is 77.1 Å². The molecule has 0 amide bonds. The van der Waals surface area contributed by atoms with Gasteiger partial charge in [0, 0.05) is 41.4 Å². The fourth-order valence-corrected chi connectivity index (χ4v) is 5.54. The third-order valence-corrected chi connectivity index (χ3v) is 7.89. The SMILES string of the molecule is COc1cc(-c2nc3sccn3c2-c2ccnc(NCCNS(=O)(=O)c3ccc(Cl)cc3)n2)ccc1F. The molecule has 3 aromatic heterocycles. The summed E-state index contributed by atoms with van der Waals surface area (Å²) in [5, 5.41) is 5.41. The zero-order valence-corrected chi connectivity index (χ0v) is 21.7. The quantitative estimate of drug-likeness (QED) is 0.252. The van der Waals surface area contributed by atoms with Crippen LogP contribution in [0.25, 0.3) is 27.6 Å². The van der Waals surface area contributed by atoms with Gasteiger partial charge in [-0.25, -0.2) is 32.5 Å². The van der Waals surface area contributed by atoms with Crippen molar-refractivity contribution in [2.75, 3.05) is 25.5 Å². The summed E-state index contributed by atoms with van der Waals surface area (Å²) in [5.74, 6) is -0.0315. The van der Waals surface area contributed by atoms with Crippen molar-refractivity contribution in [1.82, 2.24) is 24.1 Å². The second kappa shape index (κ2) is 10.4. The Balaban J connectivity index is 1.36. The number of rotatable bonds is 9. The lowest BCUT2D eigenvalue weighted by atomic mass is 10.1. The normalized spacial score (nSPS) is 11.6. The van der Waals surface area contributed by atoms with E-state index in [0.717, 1.165) is 4.96 Å². The summed E-state index contributed by atoms with van der Waals surface area (Å²) in [7, 11) is -2.27. The Labute approximate surface area is 221 Å². The number of sulfonamides is 1. The van der Waals surface area contributed by atoms with Crippen LogP contribution in [0.5, 0.6) is 5.75 Å². The fraction of sp³-hybridized carbons (Fsp3) is 0.125. The maximum atomic E-state index is 14.0. The highest BCUT2D eigenvalue weighted by molar-refractivity contribution is 7.89. The summed E-state index contributed by atoms with van der Waals surface area (Å²) in [6, 6.07) is 12.2. The molecule has 0 saturated heterocycles. The first-order chi connectivity index (χ1) is 17.9. The number of aromatic nitrogens is 4. The molecule has 0 saturated carbocycles. The molecule has 0 fully saturated rings. The fourth-order valence-electron chi connectivity index (χ4n) is 3.67. The topological polar surface area (TPSA) is 111 Å². The van der Waals surface area contributed by atoms with Crippen LogP contribution in [0.3, 0.4) is 0 Å². The number of nitrogens with zero attached hydrogens (tertiary/aromatic N) is 4.